The number of hydrogen-bond acceptors (Lipinski definition) is 5. The number of imidazole rings is 1. The average molecular weight is 367 g/mol. The van der Waals surface area contributed by atoms with E-state index in [1.807, 2.05) is 53.2 Å². The Hall–Kier alpha value is -2.93. The Morgan fingerprint density at radius 1 is 1.15 bits per heavy atom. The first-order chi connectivity index (χ1) is 12.8. The van der Waals surface area contributed by atoms with Gasteiger partial charge in [-0.1, -0.05) is 23.9 Å². The second kappa shape index (κ2) is 7.13. The summed E-state index contributed by atoms with van der Waals surface area (Å²) in [6.45, 7) is 0.552. The number of oxazole rings is 1. The number of rotatable bonds is 6. The number of para-hydroxylation sites is 2. The van der Waals surface area contributed by atoms with Crippen LogP contribution in [-0.4, -0.2) is 27.0 Å². The zero-order valence-corrected chi connectivity index (χ0v) is 15.0. The summed E-state index contributed by atoms with van der Waals surface area (Å²) in [6, 6.07) is 15.3. The van der Waals surface area contributed by atoms with Crippen LogP contribution in [0.15, 0.2) is 75.3 Å². The first-order valence-electron chi connectivity index (χ1n) is 8.15. The molecule has 7 heteroatoms. The molecule has 4 rings (SSSR count). The highest BCUT2D eigenvalue weighted by molar-refractivity contribution is 7.99. The Bertz CT molecular complexity index is 1080. The van der Waals surface area contributed by atoms with Crippen molar-refractivity contribution in [3.63, 3.8) is 0 Å². The van der Waals surface area contributed by atoms with Gasteiger partial charge < -0.3 is 9.15 Å². The van der Waals surface area contributed by atoms with Crippen LogP contribution in [-0.2, 0) is 6.54 Å². The molecule has 0 fully saturated rings. The van der Waals surface area contributed by atoms with Crippen LogP contribution in [0.4, 0.5) is 0 Å². The molecule has 0 amide bonds. The van der Waals surface area contributed by atoms with Crippen molar-refractivity contribution in [1.82, 2.24) is 14.1 Å². The molecule has 0 radical (unpaired) electrons. The first kappa shape index (κ1) is 16.5. The summed E-state index contributed by atoms with van der Waals surface area (Å²) in [5, 5.41) is 0.871. The average Bonchev–Trinajstić information content (AvgIpc) is 3.26. The normalized spacial score (nSPS) is 11.1. The maximum Gasteiger partial charge on any atom is 0.419 e. The lowest BCUT2D eigenvalue weighted by molar-refractivity contribution is 0.414. The summed E-state index contributed by atoms with van der Waals surface area (Å²) >= 11 is 1.59. The van der Waals surface area contributed by atoms with E-state index in [9.17, 15) is 4.79 Å². The van der Waals surface area contributed by atoms with Gasteiger partial charge in [-0.3, -0.25) is 9.13 Å². The first-order valence-corrected chi connectivity index (χ1v) is 9.14. The van der Waals surface area contributed by atoms with E-state index in [1.165, 1.54) is 0 Å². The van der Waals surface area contributed by atoms with Gasteiger partial charge >= 0.3 is 5.76 Å². The Labute approximate surface area is 154 Å². The van der Waals surface area contributed by atoms with E-state index in [-0.39, 0.29) is 5.76 Å². The number of ether oxygens (including phenoxy) is 1. The van der Waals surface area contributed by atoms with Gasteiger partial charge in [0.1, 0.15) is 5.75 Å². The molecule has 0 atom stereocenters. The number of hydrogen-bond donors (Lipinski definition) is 0. The maximum atomic E-state index is 12.0. The minimum atomic E-state index is -0.328. The van der Waals surface area contributed by atoms with Gasteiger partial charge in [0.25, 0.3) is 0 Å². The standard InChI is InChI=1S/C19H17N3O3S/c1-24-15-8-6-14(7-9-15)21-11-10-20-18(21)26-13-12-22-16-4-2-3-5-17(16)25-19(22)23/h2-11H,12-13H2,1H3. The van der Waals surface area contributed by atoms with Gasteiger partial charge in [0.15, 0.2) is 10.7 Å². The molecule has 4 aromatic rings. The Morgan fingerprint density at radius 3 is 2.77 bits per heavy atom. The molecule has 2 heterocycles. The molecule has 6 nitrogen and oxygen atoms in total. The number of benzene rings is 2. The zero-order chi connectivity index (χ0) is 17.9. The van der Waals surface area contributed by atoms with E-state index in [1.54, 1.807) is 35.7 Å². The summed E-state index contributed by atoms with van der Waals surface area (Å²) in [5.74, 6) is 1.19. The molecule has 26 heavy (non-hydrogen) atoms. The predicted molar refractivity (Wildman–Crippen MR) is 101 cm³/mol. The lowest BCUT2D eigenvalue weighted by atomic mass is 10.3. The summed E-state index contributed by atoms with van der Waals surface area (Å²) < 4.78 is 14.1. The topological polar surface area (TPSA) is 62.2 Å². The largest absolute Gasteiger partial charge is 0.497 e. The second-order valence-electron chi connectivity index (χ2n) is 5.61. The van der Waals surface area contributed by atoms with Crippen molar-refractivity contribution >= 4 is 22.9 Å². The second-order valence-corrected chi connectivity index (χ2v) is 6.68. The molecule has 132 valence electrons. The number of methoxy groups -OCH3 is 1. The van der Waals surface area contributed by atoms with E-state index in [4.69, 9.17) is 9.15 Å². The highest BCUT2D eigenvalue weighted by Crippen LogP contribution is 2.23. The fourth-order valence-electron chi connectivity index (χ4n) is 2.79. The molecular weight excluding hydrogens is 350 g/mol. The molecule has 0 saturated heterocycles. The van der Waals surface area contributed by atoms with Gasteiger partial charge in [-0.05, 0) is 36.4 Å². The third kappa shape index (κ3) is 3.13. The molecule has 0 spiro atoms. The fourth-order valence-corrected chi connectivity index (χ4v) is 3.69. The highest BCUT2D eigenvalue weighted by atomic mass is 32.2. The van der Waals surface area contributed by atoms with E-state index in [0.717, 1.165) is 22.1 Å². The van der Waals surface area contributed by atoms with Crippen molar-refractivity contribution in [3.8, 4) is 11.4 Å². The number of aromatic nitrogens is 3. The van der Waals surface area contributed by atoms with Crippen LogP contribution in [0.25, 0.3) is 16.8 Å². The molecule has 0 aliphatic heterocycles. The predicted octanol–water partition coefficient (Wildman–Crippen LogP) is 3.58. The minimum absolute atomic E-state index is 0.328. The van der Waals surface area contributed by atoms with Crippen LogP contribution in [0.5, 0.6) is 5.75 Å². The quantitative estimate of drug-likeness (QED) is 0.488. The molecule has 0 aliphatic rings. The van der Waals surface area contributed by atoms with Crippen LogP contribution in [0.2, 0.25) is 0 Å². The smallest absolute Gasteiger partial charge is 0.419 e. The van der Waals surface area contributed by atoms with Gasteiger partial charge in [-0.15, -0.1) is 0 Å². The Balaban J connectivity index is 1.49. The summed E-state index contributed by atoms with van der Waals surface area (Å²) in [6.07, 6.45) is 3.69. The highest BCUT2D eigenvalue weighted by Gasteiger charge is 2.10. The van der Waals surface area contributed by atoms with Gasteiger partial charge in [0, 0.05) is 30.4 Å². The van der Waals surface area contributed by atoms with E-state index in [0.29, 0.717) is 17.9 Å². The SMILES string of the molecule is COc1ccc(-n2ccnc2SCCn2c(=O)oc3ccccc32)cc1. The molecule has 0 N–H and O–H groups in total. The molecule has 0 saturated carbocycles. The van der Waals surface area contributed by atoms with Crippen molar-refractivity contribution in [1.29, 1.82) is 0 Å². The van der Waals surface area contributed by atoms with Gasteiger partial charge in [-0.25, -0.2) is 9.78 Å². The minimum Gasteiger partial charge on any atom is -0.497 e. The van der Waals surface area contributed by atoms with Gasteiger partial charge in [-0.2, -0.15) is 0 Å². The number of fused-ring (bicyclic) bond motifs is 1. The van der Waals surface area contributed by atoms with Crippen molar-refractivity contribution in [3.05, 3.63) is 71.5 Å². The molecule has 0 bridgehead atoms. The Kier molecular flexibility index (Phi) is 4.53. The summed E-state index contributed by atoms with van der Waals surface area (Å²) in [4.78, 5) is 16.5. The van der Waals surface area contributed by atoms with Gasteiger partial charge in [0.05, 0.1) is 12.6 Å². The molecule has 0 unspecified atom stereocenters. The van der Waals surface area contributed by atoms with E-state index < -0.39 is 0 Å². The molecule has 2 aromatic carbocycles. The van der Waals surface area contributed by atoms with Crippen molar-refractivity contribution in [2.45, 2.75) is 11.7 Å². The molecule has 2 aromatic heterocycles. The van der Waals surface area contributed by atoms with Crippen LogP contribution >= 0.6 is 11.8 Å². The fraction of sp³-hybridized carbons (Fsp3) is 0.158. The molecule has 0 aliphatic carbocycles. The number of aryl methyl sites for hydroxylation is 1. The van der Waals surface area contributed by atoms with Crippen molar-refractivity contribution in [2.24, 2.45) is 0 Å². The zero-order valence-electron chi connectivity index (χ0n) is 14.2. The Morgan fingerprint density at radius 2 is 1.96 bits per heavy atom. The number of thioether (sulfide) groups is 1. The van der Waals surface area contributed by atoms with Crippen LogP contribution in [0, 0.1) is 0 Å². The van der Waals surface area contributed by atoms with E-state index >= 15 is 0 Å². The third-order valence-corrected chi connectivity index (χ3v) is 5.02. The van der Waals surface area contributed by atoms with Crippen LogP contribution < -0.4 is 10.5 Å². The van der Waals surface area contributed by atoms with Gasteiger partial charge in [0.2, 0.25) is 0 Å². The van der Waals surface area contributed by atoms with Crippen LogP contribution in [0.1, 0.15) is 0 Å². The van der Waals surface area contributed by atoms with Crippen molar-refractivity contribution < 1.29 is 9.15 Å². The monoisotopic (exact) mass is 367 g/mol. The lowest BCUT2D eigenvalue weighted by Crippen LogP contribution is -2.15. The molecular formula is C19H17N3O3S. The van der Waals surface area contributed by atoms with Crippen LogP contribution in [0.3, 0.4) is 0 Å². The van der Waals surface area contributed by atoms with E-state index in [2.05, 4.69) is 4.98 Å². The summed E-state index contributed by atoms with van der Waals surface area (Å²) in [7, 11) is 1.65. The summed E-state index contributed by atoms with van der Waals surface area (Å²) in [5.41, 5.74) is 2.44. The van der Waals surface area contributed by atoms with Crippen molar-refractivity contribution in [2.75, 3.05) is 12.9 Å². The third-order valence-electron chi connectivity index (χ3n) is 4.08. The number of nitrogens with zero attached hydrogens (tertiary/aromatic N) is 3. The maximum absolute atomic E-state index is 12.0. The lowest BCUT2D eigenvalue weighted by Gasteiger charge is -2.08.